The van der Waals surface area contributed by atoms with E-state index in [1.54, 1.807) is 42.5 Å². The predicted octanol–water partition coefficient (Wildman–Crippen LogP) is 4.39. The SMILES string of the molecule is Nc1cccc(S[C@@H]2CC(=O)N(c3ccc(C(=O)OCC(=O)c4ccc(Cl)cc4)cc3)C2=O)c1. The molecule has 34 heavy (non-hydrogen) atoms. The number of ether oxygens (including phenoxy) is 1. The Kier molecular flexibility index (Phi) is 7.00. The summed E-state index contributed by atoms with van der Waals surface area (Å²) in [5.41, 5.74) is 7.30. The first kappa shape index (κ1) is 23.5. The summed E-state index contributed by atoms with van der Waals surface area (Å²) in [4.78, 5) is 51.8. The van der Waals surface area contributed by atoms with Crippen LogP contribution in [0.1, 0.15) is 27.1 Å². The number of hydrogen-bond donors (Lipinski definition) is 1. The lowest BCUT2D eigenvalue weighted by molar-refractivity contribution is -0.121. The first-order chi connectivity index (χ1) is 16.3. The second-order valence-electron chi connectivity index (χ2n) is 7.50. The Labute approximate surface area is 204 Å². The van der Waals surface area contributed by atoms with Gasteiger partial charge in [-0.25, -0.2) is 9.69 Å². The molecule has 3 aromatic carbocycles. The quantitative estimate of drug-likeness (QED) is 0.225. The molecule has 0 unspecified atom stereocenters. The Morgan fingerprint density at radius 3 is 2.35 bits per heavy atom. The van der Waals surface area contributed by atoms with Gasteiger partial charge in [-0.1, -0.05) is 17.7 Å². The summed E-state index contributed by atoms with van der Waals surface area (Å²) in [7, 11) is 0. The number of rotatable bonds is 7. The zero-order valence-electron chi connectivity index (χ0n) is 17.8. The number of anilines is 2. The van der Waals surface area contributed by atoms with Gasteiger partial charge in [-0.05, 0) is 66.7 Å². The molecule has 7 nitrogen and oxygen atoms in total. The molecule has 172 valence electrons. The number of carbonyl (C=O) groups is 4. The maximum Gasteiger partial charge on any atom is 0.338 e. The predicted molar refractivity (Wildman–Crippen MR) is 130 cm³/mol. The van der Waals surface area contributed by atoms with Crippen LogP contribution in [-0.2, 0) is 14.3 Å². The second-order valence-corrected chi connectivity index (χ2v) is 9.22. The van der Waals surface area contributed by atoms with E-state index < -0.39 is 17.8 Å². The van der Waals surface area contributed by atoms with Crippen molar-refractivity contribution in [2.75, 3.05) is 17.2 Å². The van der Waals surface area contributed by atoms with Crippen LogP contribution in [0.5, 0.6) is 0 Å². The van der Waals surface area contributed by atoms with Gasteiger partial charge in [0, 0.05) is 27.6 Å². The third-order valence-electron chi connectivity index (χ3n) is 5.10. The minimum absolute atomic E-state index is 0.0644. The standard InChI is InChI=1S/C25H19ClN2O5S/c26-17-8-4-15(5-9-17)21(29)14-33-25(32)16-6-10-19(11-7-16)28-23(30)13-22(24(28)31)34-20-3-1-2-18(27)12-20/h1-12,22H,13-14,27H2/t22-/m1/s1. The second kappa shape index (κ2) is 10.1. The number of nitrogens with two attached hydrogens (primary N) is 1. The summed E-state index contributed by atoms with van der Waals surface area (Å²) < 4.78 is 5.09. The van der Waals surface area contributed by atoms with Gasteiger partial charge in [-0.2, -0.15) is 0 Å². The molecule has 1 atom stereocenters. The van der Waals surface area contributed by atoms with Gasteiger partial charge in [0.1, 0.15) is 0 Å². The van der Waals surface area contributed by atoms with Crippen molar-refractivity contribution >= 4 is 58.3 Å². The van der Waals surface area contributed by atoms with Gasteiger partial charge in [-0.15, -0.1) is 11.8 Å². The largest absolute Gasteiger partial charge is 0.454 e. The maximum absolute atomic E-state index is 12.9. The molecule has 4 rings (SSSR count). The van der Waals surface area contributed by atoms with Gasteiger partial charge in [0.15, 0.2) is 12.4 Å². The van der Waals surface area contributed by atoms with Crippen LogP contribution in [0, 0.1) is 0 Å². The third-order valence-corrected chi connectivity index (χ3v) is 6.53. The highest BCUT2D eigenvalue weighted by Gasteiger charge is 2.40. The molecule has 0 aliphatic carbocycles. The number of amides is 2. The van der Waals surface area contributed by atoms with E-state index in [-0.39, 0.29) is 29.6 Å². The monoisotopic (exact) mass is 494 g/mol. The molecular formula is C25H19ClN2O5S. The molecule has 2 amide bonds. The van der Waals surface area contributed by atoms with Crippen LogP contribution in [0.4, 0.5) is 11.4 Å². The highest BCUT2D eigenvalue weighted by molar-refractivity contribution is 8.00. The van der Waals surface area contributed by atoms with Crippen molar-refractivity contribution in [3.63, 3.8) is 0 Å². The fourth-order valence-electron chi connectivity index (χ4n) is 3.40. The van der Waals surface area contributed by atoms with Crippen molar-refractivity contribution < 1.29 is 23.9 Å². The number of nitrogens with zero attached hydrogens (tertiary/aromatic N) is 1. The van der Waals surface area contributed by atoms with Crippen LogP contribution in [0.3, 0.4) is 0 Å². The van der Waals surface area contributed by atoms with Crippen LogP contribution in [0.25, 0.3) is 0 Å². The molecule has 0 radical (unpaired) electrons. The molecule has 1 fully saturated rings. The molecule has 0 aromatic heterocycles. The number of Topliss-reactive ketones (excluding diaryl/α,β-unsaturated/α-hetero) is 1. The van der Waals surface area contributed by atoms with Crippen LogP contribution < -0.4 is 10.6 Å². The van der Waals surface area contributed by atoms with E-state index in [0.717, 1.165) is 9.80 Å². The van der Waals surface area contributed by atoms with Crippen LogP contribution >= 0.6 is 23.4 Å². The van der Waals surface area contributed by atoms with Crippen LogP contribution in [0.2, 0.25) is 5.02 Å². The zero-order valence-corrected chi connectivity index (χ0v) is 19.3. The van der Waals surface area contributed by atoms with E-state index in [1.165, 1.54) is 36.0 Å². The molecule has 0 saturated carbocycles. The van der Waals surface area contributed by atoms with E-state index >= 15 is 0 Å². The smallest absolute Gasteiger partial charge is 0.338 e. The van der Waals surface area contributed by atoms with Crippen LogP contribution in [-0.4, -0.2) is 35.4 Å². The number of esters is 1. The fraction of sp³-hybridized carbons (Fsp3) is 0.120. The lowest BCUT2D eigenvalue weighted by Crippen LogP contribution is -2.31. The summed E-state index contributed by atoms with van der Waals surface area (Å²) >= 11 is 7.09. The molecule has 1 aliphatic rings. The lowest BCUT2D eigenvalue weighted by atomic mass is 10.1. The fourth-order valence-corrected chi connectivity index (χ4v) is 4.65. The van der Waals surface area contributed by atoms with E-state index in [4.69, 9.17) is 22.1 Å². The summed E-state index contributed by atoms with van der Waals surface area (Å²) in [6.07, 6.45) is 0.0644. The molecule has 9 heteroatoms. The molecule has 1 heterocycles. The Morgan fingerprint density at radius 1 is 1.00 bits per heavy atom. The average Bonchev–Trinajstić information content (AvgIpc) is 3.10. The molecular weight excluding hydrogens is 476 g/mol. The number of imide groups is 1. The van der Waals surface area contributed by atoms with E-state index in [9.17, 15) is 19.2 Å². The Balaban J connectivity index is 1.38. The summed E-state index contributed by atoms with van der Waals surface area (Å²) in [5, 5.41) is -0.0592. The normalized spacial score (nSPS) is 15.4. The number of hydrogen-bond acceptors (Lipinski definition) is 7. The third kappa shape index (κ3) is 5.30. The molecule has 0 bridgehead atoms. The van der Waals surface area contributed by atoms with E-state index in [1.807, 2.05) is 6.07 Å². The van der Waals surface area contributed by atoms with Gasteiger partial charge in [0.2, 0.25) is 11.8 Å². The number of carbonyl (C=O) groups excluding carboxylic acids is 4. The Bertz CT molecular complexity index is 1260. The van der Waals surface area contributed by atoms with Gasteiger partial charge in [0.25, 0.3) is 0 Å². The zero-order chi connectivity index (χ0) is 24.2. The van der Waals surface area contributed by atoms with Crippen molar-refractivity contribution in [2.45, 2.75) is 16.6 Å². The minimum atomic E-state index is -0.692. The summed E-state index contributed by atoms with van der Waals surface area (Å²) in [5.74, 6) is -1.71. The van der Waals surface area contributed by atoms with Crippen molar-refractivity contribution in [1.29, 1.82) is 0 Å². The Hall–Kier alpha value is -3.62. The highest BCUT2D eigenvalue weighted by Crippen LogP contribution is 2.34. The topological polar surface area (TPSA) is 107 Å². The van der Waals surface area contributed by atoms with Gasteiger partial charge in [0.05, 0.1) is 16.5 Å². The van der Waals surface area contributed by atoms with Crippen molar-refractivity contribution in [2.24, 2.45) is 0 Å². The van der Waals surface area contributed by atoms with Crippen molar-refractivity contribution in [3.8, 4) is 0 Å². The highest BCUT2D eigenvalue weighted by atomic mass is 35.5. The summed E-state index contributed by atoms with van der Waals surface area (Å²) in [6.45, 7) is -0.422. The molecule has 1 saturated heterocycles. The van der Waals surface area contributed by atoms with Gasteiger partial charge in [-0.3, -0.25) is 14.4 Å². The maximum atomic E-state index is 12.9. The molecule has 0 spiro atoms. The molecule has 1 aliphatic heterocycles. The van der Waals surface area contributed by atoms with Crippen LogP contribution in [0.15, 0.2) is 77.7 Å². The molecule has 2 N–H and O–H groups in total. The van der Waals surface area contributed by atoms with Crippen molar-refractivity contribution in [1.82, 2.24) is 0 Å². The van der Waals surface area contributed by atoms with E-state index in [2.05, 4.69) is 0 Å². The number of benzene rings is 3. The first-order valence-electron chi connectivity index (χ1n) is 10.3. The molecule has 3 aromatic rings. The van der Waals surface area contributed by atoms with E-state index in [0.29, 0.717) is 22.0 Å². The van der Waals surface area contributed by atoms with Crippen molar-refractivity contribution in [3.05, 3.63) is 88.9 Å². The Morgan fingerprint density at radius 2 is 1.68 bits per heavy atom. The van der Waals surface area contributed by atoms with Gasteiger partial charge < -0.3 is 10.5 Å². The minimum Gasteiger partial charge on any atom is -0.454 e. The first-order valence-corrected chi connectivity index (χ1v) is 11.5. The number of nitrogen functional groups attached to an aromatic ring is 1. The van der Waals surface area contributed by atoms with Gasteiger partial charge >= 0.3 is 5.97 Å². The average molecular weight is 495 g/mol. The number of thioether (sulfide) groups is 1. The number of ketones is 1. The number of halogens is 1. The lowest BCUT2D eigenvalue weighted by Gasteiger charge is -2.15. The summed E-state index contributed by atoms with van der Waals surface area (Å²) in [6, 6.07) is 19.3.